The van der Waals surface area contributed by atoms with Gasteiger partial charge in [0.1, 0.15) is 0 Å². The lowest BCUT2D eigenvalue weighted by molar-refractivity contribution is 0.326. The van der Waals surface area contributed by atoms with Crippen LogP contribution in [0.3, 0.4) is 0 Å². The zero-order valence-electron chi connectivity index (χ0n) is 7.48. The molecule has 70 valence electrons. The largest absolute Gasteiger partial charge is 0.346 e. The number of rotatable bonds is 1. The van der Waals surface area contributed by atoms with E-state index in [1.807, 2.05) is 18.2 Å². The summed E-state index contributed by atoms with van der Waals surface area (Å²) in [6.45, 7) is 0.853. The van der Waals surface area contributed by atoms with Crippen LogP contribution in [-0.2, 0) is 16.3 Å². The second-order valence-corrected chi connectivity index (χ2v) is 7.61. The normalized spacial score (nSPS) is 28.6. The van der Waals surface area contributed by atoms with Gasteiger partial charge in [-0.05, 0) is 12.8 Å². The molecule has 1 heterocycles. The highest BCUT2D eigenvalue weighted by Crippen LogP contribution is 2.49. The molecule has 1 atom stereocenters. The Morgan fingerprint density at radius 2 is 1.92 bits per heavy atom. The molecule has 1 aromatic carbocycles. The van der Waals surface area contributed by atoms with E-state index in [4.69, 9.17) is 16.3 Å². The predicted octanol–water partition coefficient (Wildman–Crippen LogP) is 2.52. The average Bonchev–Trinajstić information content (AvgIpc) is 2.20. The molecule has 0 aliphatic carbocycles. The Bertz CT molecular complexity index is 313. The van der Waals surface area contributed by atoms with Crippen molar-refractivity contribution >= 4 is 23.4 Å². The van der Waals surface area contributed by atoms with Gasteiger partial charge in [-0.25, -0.2) is 0 Å². The van der Waals surface area contributed by atoms with Gasteiger partial charge in [0.05, 0.1) is 12.9 Å². The summed E-state index contributed by atoms with van der Waals surface area (Å²) in [6.07, 6.45) is 1.84. The van der Waals surface area contributed by atoms with E-state index >= 15 is 0 Å². The first-order valence-electron chi connectivity index (χ1n) is 4.60. The van der Waals surface area contributed by atoms with Gasteiger partial charge in [0.25, 0.3) is 0 Å². The number of hydrogen-bond acceptors (Lipinski definition) is 2. The van der Waals surface area contributed by atoms with Crippen LogP contribution in [0.1, 0.15) is 12.8 Å². The summed E-state index contributed by atoms with van der Waals surface area (Å²) in [7, 11) is 0. The van der Waals surface area contributed by atoms with Crippen LogP contribution in [0.2, 0.25) is 0 Å². The van der Waals surface area contributed by atoms with Gasteiger partial charge in [-0.2, -0.15) is 0 Å². The minimum Gasteiger partial charge on any atom is -0.346 e. The molecule has 1 aliphatic rings. The Kier molecular flexibility index (Phi) is 2.83. The molecule has 0 saturated carbocycles. The fraction of sp³-hybridized carbons (Fsp3) is 0.400. The maximum atomic E-state index is 5.78. The molecule has 1 fully saturated rings. The Morgan fingerprint density at radius 3 is 2.54 bits per heavy atom. The van der Waals surface area contributed by atoms with E-state index < -0.39 is 6.26 Å². The van der Waals surface area contributed by atoms with Crippen molar-refractivity contribution in [3.8, 4) is 0 Å². The Morgan fingerprint density at radius 1 is 1.15 bits per heavy atom. The zero-order chi connectivity index (χ0) is 9.15. The van der Waals surface area contributed by atoms with E-state index in [-0.39, 0.29) is 0 Å². The topological polar surface area (TPSA) is 9.23 Å². The van der Waals surface area contributed by atoms with E-state index in [1.165, 1.54) is 18.1 Å². The fourth-order valence-corrected chi connectivity index (χ4v) is 4.76. The van der Waals surface area contributed by atoms with Crippen molar-refractivity contribution in [2.45, 2.75) is 12.8 Å². The van der Waals surface area contributed by atoms with Crippen molar-refractivity contribution in [3.63, 3.8) is 0 Å². The molecule has 1 aromatic rings. The predicted molar refractivity (Wildman–Crippen MR) is 60.4 cm³/mol. The number of benzene rings is 1. The van der Waals surface area contributed by atoms with E-state index in [2.05, 4.69) is 12.1 Å². The molecule has 1 nitrogen and oxygen atoms in total. The lowest BCUT2D eigenvalue weighted by atomic mass is 10.4. The van der Waals surface area contributed by atoms with Crippen LogP contribution in [0.4, 0.5) is 0 Å². The van der Waals surface area contributed by atoms with Crippen molar-refractivity contribution in [1.82, 2.24) is 0 Å². The molecule has 1 saturated heterocycles. The molecule has 13 heavy (non-hydrogen) atoms. The van der Waals surface area contributed by atoms with Gasteiger partial charge in [-0.15, -0.1) is 0 Å². The molecule has 2 rings (SSSR count). The Balaban J connectivity index is 2.29. The third kappa shape index (κ3) is 2.01. The SMILES string of the molecule is S=P1(c2ccccc2)CCCCO1. The molecule has 1 unspecified atom stereocenters. The van der Waals surface area contributed by atoms with Crippen LogP contribution in [0.5, 0.6) is 0 Å². The van der Waals surface area contributed by atoms with Crippen LogP contribution in [-0.4, -0.2) is 12.8 Å². The molecular formula is C10H13OPS. The van der Waals surface area contributed by atoms with Gasteiger partial charge < -0.3 is 4.52 Å². The average molecular weight is 212 g/mol. The number of hydrogen-bond donors (Lipinski definition) is 0. The molecule has 0 bridgehead atoms. The standard InChI is InChI=1S/C10H13OPS/c13-12(9-5-4-8-11-12)10-6-2-1-3-7-10/h1-3,6-7H,4-5,8-9H2. The molecule has 0 aromatic heterocycles. The van der Waals surface area contributed by atoms with Gasteiger partial charge in [0, 0.05) is 11.5 Å². The minimum atomic E-state index is -1.63. The van der Waals surface area contributed by atoms with Gasteiger partial charge in [0.2, 0.25) is 0 Å². The molecule has 0 radical (unpaired) electrons. The summed E-state index contributed by atoms with van der Waals surface area (Å²) < 4.78 is 5.78. The zero-order valence-corrected chi connectivity index (χ0v) is 9.19. The monoisotopic (exact) mass is 212 g/mol. The van der Waals surface area contributed by atoms with Crippen molar-refractivity contribution < 1.29 is 4.52 Å². The van der Waals surface area contributed by atoms with Crippen molar-refractivity contribution in [1.29, 1.82) is 0 Å². The summed E-state index contributed by atoms with van der Waals surface area (Å²) in [4.78, 5) is 0. The van der Waals surface area contributed by atoms with Crippen LogP contribution < -0.4 is 5.30 Å². The van der Waals surface area contributed by atoms with Crippen LogP contribution in [0.15, 0.2) is 30.3 Å². The molecular weight excluding hydrogens is 199 g/mol. The Labute approximate surface area is 84.2 Å². The first-order valence-corrected chi connectivity index (χ1v) is 7.51. The van der Waals surface area contributed by atoms with Crippen molar-refractivity contribution in [3.05, 3.63) is 30.3 Å². The lowest BCUT2D eigenvalue weighted by Crippen LogP contribution is -2.14. The smallest absolute Gasteiger partial charge is 0.0947 e. The summed E-state index contributed by atoms with van der Waals surface area (Å²) >= 11 is 5.61. The van der Waals surface area contributed by atoms with Crippen LogP contribution >= 0.6 is 6.26 Å². The third-order valence-corrected chi connectivity index (χ3v) is 6.38. The van der Waals surface area contributed by atoms with Gasteiger partial charge in [0.15, 0.2) is 0 Å². The highest BCUT2D eigenvalue weighted by molar-refractivity contribution is 8.15. The van der Waals surface area contributed by atoms with E-state index in [9.17, 15) is 0 Å². The van der Waals surface area contributed by atoms with E-state index in [1.54, 1.807) is 0 Å². The maximum absolute atomic E-state index is 5.78. The second kappa shape index (κ2) is 3.91. The van der Waals surface area contributed by atoms with Crippen LogP contribution in [0, 0.1) is 0 Å². The first kappa shape index (κ1) is 9.39. The van der Waals surface area contributed by atoms with Gasteiger partial charge >= 0.3 is 0 Å². The molecule has 3 heteroatoms. The third-order valence-electron chi connectivity index (χ3n) is 2.30. The maximum Gasteiger partial charge on any atom is 0.0947 e. The van der Waals surface area contributed by atoms with Crippen molar-refractivity contribution in [2.75, 3.05) is 12.8 Å². The summed E-state index contributed by atoms with van der Waals surface area (Å²) in [5.41, 5.74) is 0. The van der Waals surface area contributed by atoms with Crippen molar-refractivity contribution in [2.24, 2.45) is 0 Å². The van der Waals surface area contributed by atoms with E-state index in [0.717, 1.165) is 12.8 Å². The van der Waals surface area contributed by atoms with Gasteiger partial charge in [-0.3, -0.25) is 0 Å². The quantitative estimate of drug-likeness (QED) is 0.661. The van der Waals surface area contributed by atoms with E-state index in [0.29, 0.717) is 0 Å². The van der Waals surface area contributed by atoms with Gasteiger partial charge in [-0.1, -0.05) is 42.1 Å². The molecule has 0 amide bonds. The summed E-state index contributed by atoms with van der Waals surface area (Å²) in [6, 6.07) is 10.3. The summed E-state index contributed by atoms with van der Waals surface area (Å²) in [5.74, 6) is 0. The minimum absolute atomic E-state index is 0.853. The molecule has 1 aliphatic heterocycles. The molecule has 0 spiro atoms. The highest BCUT2D eigenvalue weighted by atomic mass is 32.4. The molecule has 0 N–H and O–H groups in total. The second-order valence-electron chi connectivity index (χ2n) is 3.27. The summed E-state index contributed by atoms with van der Waals surface area (Å²) in [5, 5.41) is 1.24. The fourth-order valence-electron chi connectivity index (χ4n) is 1.56. The van der Waals surface area contributed by atoms with Crippen LogP contribution in [0.25, 0.3) is 0 Å². The lowest BCUT2D eigenvalue weighted by Gasteiger charge is -2.26. The first-order chi connectivity index (χ1) is 6.31. The highest BCUT2D eigenvalue weighted by Gasteiger charge is 2.22. The Hall–Kier alpha value is -0.170.